The van der Waals surface area contributed by atoms with E-state index in [1.165, 1.54) is 0 Å². The van der Waals surface area contributed by atoms with Crippen LogP contribution in [0, 0.1) is 6.92 Å². The Morgan fingerprint density at radius 1 is 1.46 bits per heavy atom. The van der Waals surface area contributed by atoms with Crippen LogP contribution in [0.25, 0.3) is 10.9 Å². The second kappa shape index (κ2) is 2.58. The first kappa shape index (κ1) is 7.79. The number of hydrogen-bond acceptors (Lipinski definition) is 4. The van der Waals surface area contributed by atoms with Crippen molar-refractivity contribution in [1.29, 1.82) is 0 Å². The van der Waals surface area contributed by atoms with Crippen molar-refractivity contribution in [3.05, 3.63) is 34.2 Å². The molecule has 1 heterocycles. The molecule has 0 bridgehead atoms. The molecule has 0 fully saturated rings. The molecule has 0 atom stereocenters. The molecule has 0 aliphatic rings. The Morgan fingerprint density at radius 2 is 2.23 bits per heavy atom. The minimum atomic E-state index is -0.439. The van der Waals surface area contributed by atoms with Crippen molar-refractivity contribution in [3.8, 4) is 0 Å². The third kappa shape index (κ3) is 1.16. The lowest BCUT2D eigenvalue weighted by atomic mass is 10.1. The van der Waals surface area contributed by atoms with Gasteiger partial charge in [0.25, 0.3) is 6.01 Å². The molecule has 2 aromatic rings. The van der Waals surface area contributed by atoms with E-state index in [4.69, 9.17) is 5.73 Å². The van der Waals surface area contributed by atoms with Crippen LogP contribution in [0.5, 0.6) is 0 Å². The van der Waals surface area contributed by atoms with Gasteiger partial charge in [-0.05, 0) is 18.6 Å². The molecule has 4 nitrogen and oxygen atoms in total. The third-order valence-corrected chi connectivity index (χ3v) is 1.88. The van der Waals surface area contributed by atoms with Crippen molar-refractivity contribution in [2.75, 3.05) is 5.73 Å². The van der Waals surface area contributed by atoms with Gasteiger partial charge in [-0.2, -0.15) is 4.98 Å². The topological polar surface area (TPSA) is 69.1 Å². The molecular formula is C9H8N2O2. The fraction of sp³-hybridized carbons (Fsp3) is 0.111. The van der Waals surface area contributed by atoms with Crippen molar-refractivity contribution in [2.45, 2.75) is 6.92 Å². The molecule has 4 heteroatoms. The van der Waals surface area contributed by atoms with E-state index in [2.05, 4.69) is 9.40 Å². The standard InChI is InChI=1S/C9H8N2O2/c1-5-3-2-4-6-7(5)11-9(10)13-8(6)12/h2-4H,1H3,(H2,10,11). The lowest BCUT2D eigenvalue weighted by molar-refractivity contribution is 0.524. The first-order valence-electron chi connectivity index (χ1n) is 3.84. The summed E-state index contributed by atoms with van der Waals surface area (Å²) < 4.78 is 4.66. The fourth-order valence-corrected chi connectivity index (χ4v) is 1.26. The zero-order chi connectivity index (χ0) is 9.42. The van der Waals surface area contributed by atoms with Crippen LogP contribution in [0.3, 0.4) is 0 Å². The van der Waals surface area contributed by atoms with Gasteiger partial charge in [0.2, 0.25) is 0 Å². The summed E-state index contributed by atoms with van der Waals surface area (Å²) in [5, 5.41) is 0.467. The van der Waals surface area contributed by atoms with Gasteiger partial charge in [-0.1, -0.05) is 12.1 Å². The molecule has 0 radical (unpaired) electrons. The predicted octanol–water partition coefficient (Wildman–Crippen LogP) is 1.08. The number of nitrogens with zero attached hydrogens (tertiary/aromatic N) is 1. The van der Waals surface area contributed by atoms with Crippen LogP contribution in [-0.4, -0.2) is 4.98 Å². The smallest absolute Gasteiger partial charge is 0.348 e. The molecule has 13 heavy (non-hydrogen) atoms. The highest BCUT2D eigenvalue weighted by Crippen LogP contribution is 2.13. The fourth-order valence-electron chi connectivity index (χ4n) is 1.26. The van der Waals surface area contributed by atoms with Crippen molar-refractivity contribution in [2.24, 2.45) is 0 Å². The predicted molar refractivity (Wildman–Crippen MR) is 49.4 cm³/mol. The Labute approximate surface area is 74.0 Å². The van der Waals surface area contributed by atoms with Gasteiger partial charge in [0, 0.05) is 0 Å². The number of para-hydroxylation sites is 1. The van der Waals surface area contributed by atoms with Gasteiger partial charge < -0.3 is 10.2 Å². The van der Waals surface area contributed by atoms with Crippen molar-refractivity contribution in [3.63, 3.8) is 0 Å². The summed E-state index contributed by atoms with van der Waals surface area (Å²) in [6, 6.07) is 5.23. The van der Waals surface area contributed by atoms with E-state index in [1.807, 2.05) is 13.0 Å². The Kier molecular flexibility index (Phi) is 1.55. The summed E-state index contributed by atoms with van der Waals surface area (Å²) in [6.45, 7) is 1.87. The zero-order valence-corrected chi connectivity index (χ0v) is 7.07. The normalized spacial score (nSPS) is 10.5. The van der Waals surface area contributed by atoms with Crippen LogP contribution in [0.1, 0.15) is 5.56 Å². The average Bonchev–Trinajstić information content (AvgIpc) is 2.07. The van der Waals surface area contributed by atoms with E-state index < -0.39 is 5.63 Å². The van der Waals surface area contributed by atoms with Gasteiger partial charge in [-0.15, -0.1) is 0 Å². The second-order valence-electron chi connectivity index (χ2n) is 2.81. The number of anilines is 1. The van der Waals surface area contributed by atoms with Gasteiger partial charge in [-0.3, -0.25) is 0 Å². The maximum Gasteiger partial charge on any atom is 0.348 e. The number of benzene rings is 1. The molecular weight excluding hydrogens is 168 g/mol. The molecule has 0 aliphatic heterocycles. The van der Waals surface area contributed by atoms with E-state index in [1.54, 1.807) is 12.1 Å². The Balaban J connectivity index is 3.03. The van der Waals surface area contributed by atoms with Crippen molar-refractivity contribution >= 4 is 16.9 Å². The summed E-state index contributed by atoms with van der Waals surface area (Å²) >= 11 is 0. The molecule has 0 saturated heterocycles. The van der Waals surface area contributed by atoms with Crippen LogP contribution in [0.15, 0.2) is 27.4 Å². The Hall–Kier alpha value is -1.84. The van der Waals surface area contributed by atoms with Gasteiger partial charge in [-0.25, -0.2) is 4.79 Å². The minimum absolute atomic E-state index is 0.0909. The molecule has 0 saturated carbocycles. The number of nitrogens with two attached hydrogens (primary N) is 1. The minimum Gasteiger partial charge on any atom is -0.389 e. The van der Waals surface area contributed by atoms with E-state index in [0.717, 1.165) is 5.56 Å². The van der Waals surface area contributed by atoms with E-state index in [0.29, 0.717) is 10.9 Å². The van der Waals surface area contributed by atoms with E-state index in [-0.39, 0.29) is 6.01 Å². The highest BCUT2D eigenvalue weighted by Gasteiger charge is 2.04. The summed E-state index contributed by atoms with van der Waals surface area (Å²) in [7, 11) is 0. The number of fused-ring (bicyclic) bond motifs is 1. The summed E-state index contributed by atoms with van der Waals surface area (Å²) in [5.74, 6) is 0. The average molecular weight is 176 g/mol. The van der Waals surface area contributed by atoms with Gasteiger partial charge in [0.1, 0.15) is 0 Å². The largest absolute Gasteiger partial charge is 0.389 e. The van der Waals surface area contributed by atoms with Crippen LogP contribution in [-0.2, 0) is 0 Å². The SMILES string of the molecule is Cc1cccc2c(=O)oc(N)nc12. The highest BCUT2D eigenvalue weighted by atomic mass is 16.4. The first-order chi connectivity index (χ1) is 6.18. The van der Waals surface area contributed by atoms with Gasteiger partial charge in [0.15, 0.2) is 0 Å². The number of nitrogen functional groups attached to an aromatic ring is 1. The molecule has 2 N–H and O–H groups in total. The highest BCUT2D eigenvalue weighted by molar-refractivity contribution is 5.80. The monoisotopic (exact) mass is 176 g/mol. The number of hydrogen-bond donors (Lipinski definition) is 1. The number of aryl methyl sites for hydroxylation is 1. The van der Waals surface area contributed by atoms with Gasteiger partial charge in [0.05, 0.1) is 10.9 Å². The summed E-state index contributed by atoms with van der Waals surface area (Å²) in [6.07, 6.45) is 0. The Morgan fingerprint density at radius 3 is 3.00 bits per heavy atom. The third-order valence-electron chi connectivity index (χ3n) is 1.88. The van der Waals surface area contributed by atoms with Crippen LogP contribution in [0.4, 0.5) is 6.01 Å². The van der Waals surface area contributed by atoms with Crippen LogP contribution < -0.4 is 11.4 Å². The molecule has 2 rings (SSSR count). The first-order valence-corrected chi connectivity index (χ1v) is 3.84. The lowest BCUT2D eigenvalue weighted by Crippen LogP contribution is -2.05. The maximum atomic E-state index is 11.3. The summed E-state index contributed by atoms with van der Waals surface area (Å²) in [5.41, 5.74) is 6.40. The van der Waals surface area contributed by atoms with Crippen LogP contribution in [0.2, 0.25) is 0 Å². The zero-order valence-electron chi connectivity index (χ0n) is 7.07. The quantitative estimate of drug-likeness (QED) is 0.652. The van der Waals surface area contributed by atoms with Crippen molar-refractivity contribution in [1.82, 2.24) is 4.98 Å². The van der Waals surface area contributed by atoms with E-state index in [9.17, 15) is 4.79 Å². The number of aromatic nitrogens is 1. The number of rotatable bonds is 0. The molecule has 1 aromatic heterocycles. The molecule has 0 aliphatic carbocycles. The lowest BCUT2D eigenvalue weighted by Gasteiger charge is -1.98. The maximum absolute atomic E-state index is 11.3. The molecule has 1 aromatic carbocycles. The van der Waals surface area contributed by atoms with E-state index >= 15 is 0 Å². The molecule has 0 spiro atoms. The Bertz CT molecular complexity index is 516. The molecule has 66 valence electrons. The molecule has 0 amide bonds. The second-order valence-corrected chi connectivity index (χ2v) is 2.81. The molecule has 0 unspecified atom stereocenters. The van der Waals surface area contributed by atoms with Crippen LogP contribution >= 0.6 is 0 Å². The van der Waals surface area contributed by atoms with Crippen molar-refractivity contribution < 1.29 is 4.42 Å². The summed E-state index contributed by atoms with van der Waals surface area (Å²) in [4.78, 5) is 15.2. The van der Waals surface area contributed by atoms with Gasteiger partial charge >= 0.3 is 5.63 Å².